The number of aromatic nitrogens is 3. The lowest BCUT2D eigenvalue weighted by atomic mass is 10.2. The average molecular weight is 1230 g/mol. The number of hydrogen-bond donors (Lipinski definition) is 8. The Bertz CT molecular complexity index is 3620. The van der Waals surface area contributed by atoms with Crippen molar-refractivity contribution in [2.24, 2.45) is 20.5 Å². The molecule has 36 heteroatoms. The van der Waals surface area contributed by atoms with Crippen LogP contribution in [-0.4, -0.2) is 105 Å². The molecule has 0 saturated carbocycles. The zero-order valence-corrected chi connectivity index (χ0v) is 45.0. The van der Waals surface area contributed by atoms with Crippen LogP contribution in [0.5, 0.6) is 11.5 Å². The maximum absolute atomic E-state index is 11.8. The van der Waals surface area contributed by atoms with Crippen molar-refractivity contribution in [2.75, 3.05) is 40.7 Å². The Balaban J connectivity index is 1.41. The van der Waals surface area contributed by atoms with E-state index in [1.807, 2.05) is 0 Å². The van der Waals surface area contributed by atoms with E-state index in [-0.39, 0.29) is 121 Å². The molecule has 0 amide bonds. The first-order chi connectivity index (χ1) is 35.4. The van der Waals surface area contributed by atoms with Crippen molar-refractivity contribution in [2.45, 2.75) is 34.1 Å². The fourth-order valence-electron chi connectivity index (χ4n) is 6.01. The summed E-state index contributed by atoms with van der Waals surface area (Å²) in [4.78, 5) is 11.6. The Labute approximate surface area is 452 Å². The Hall–Kier alpha value is -5.98. The Morgan fingerprint density at radius 1 is 0.474 bits per heavy atom. The largest absolute Gasteiger partial charge is 0.491 e. The number of hydrogen-bond acceptors (Lipinski definition) is 22. The smallest absolute Gasteiger partial charge is 0.296 e. The highest BCUT2D eigenvalue weighted by Crippen LogP contribution is 2.41. The molecule has 0 bridgehead atoms. The topological polar surface area (TPSA) is 415 Å². The van der Waals surface area contributed by atoms with Crippen LogP contribution in [0.15, 0.2) is 120 Å². The lowest BCUT2D eigenvalue weighted by Crippen LogP contribution is -2.12. The molecule has 0 saturated heterocycles. The molecule has 6 rings (SSSR count). The lowest BCUT2D eigenvalue weighted by molar-refractivity contribution is 0.317. The van der Waals surface area contributed by atoms with Gasteiger partial charge in [0.1, 0.15) is 32.7 Å². The molecule has 0 aliphatic heterocycles. The Morgan fingerprint density at radius 3 is 1.26 bits per heavy atom. The second-order valence-electron chi connectivity index (χ2n) is 15.2. The molecule has 0 fully saturated rings. The summed E-state index contributed by atoms with van der Waals surface area (Å²) in [6.45, 7) is -0.735. The van der Waals surface area contributed by atoms with Gasteiger partial charge in [-0.05, 0) is 79.1 Å². The van der Waals surface area contributed by atoms with Crippen LogP contribution in [0.3, 0.4) is 0 Å². The number of benzene rings is 5. The first-order valence-corrected chi connectivity index (χ1v) is 29.8. The van der Waals surface area contributed by atoms with Gasteiger partial charge in [-0.25, -0.2) is 0 Å². The van der Waals surface area contributed by atoms with Crippen molar-refractivity contribution in [3.8, 4) is 11.5 Å². The van der Waals surface area contributed by atoms with Gasteiger partial charge in [0.2, 0.25) is 17.8 Å². The fourth-order valence-corrected chi connectivity index (χ4v) is 9.85. The van der Waals surface area contributed by atoms with Crippen LogP contribution in [0.25, 0.3) is 0 Å². The summed E-state index contributed by atoms with van der Waals surface area (Å²) in [6.07, 6.45) is -0.446. The van der Waals surface area contributed by atoms with Crippen molar-refractivity contribution >= 4 is 149 Å². The molecule has 0 aliphatic rings. The zero-order chi connectivity index (χ0) is 55.8. The van der Waals surface area contributed by atoms with Gasteiger partial charge in [-0.3, -0.25) is 22.8 Å². The SMILES string of the molecule is O=S(=O)(O)CCCOc1cc(N=Nc2ccc(Cl)c(S(=O)(=O)O)c2)c(Cl)cc1Nc1nc(NCc2ccc(S(=O)(=O)O)cc2)nc(Nc2cc(Cl)c(N=Nc3ccc(Cl)c(S(=O)(=O)O)c3)cc2OCCCS(=O)(=O)O)n1. The molecule has 0 spiro atoms. The predicted octanol–water partition coefficient (Wildman–Crippen LogP) is 9.47. The van der Waals surface area contributed by atoms with E-state index in [2.05, 4.69) is 51.4 Å². The van der Waals surface area contributed by atoms with E-state index in [0.717, 1.165) is 36.4 Å². The van der Waals surface area contributed by atoms with E-state index in [1.54, 1.807) is 0 Å². The quantitative estimate of drug-likeness (QED) is 0.0159. The van der Waals surface area contributed by atoms with Crippen LogP contribution < -0.4 is 25.4 Å². The van der Waals surface area contributed by atoms with Gasteiger partial charge >= 0.3 is 0 Å². The number of ether oxygens (including phenoxy) is 2. The Kier molecular flexibility index (Phi) is 19.2. The molecule has 5 aromatic carbocycles. The minimum atomic E-state index is -4.76. The first kappa shape index (κ1) is 59.3. The number of nitrogens with zero attached hydrogens (tertiary/aromatic N) is 7. The second-order valence-corrected chi connectivity index (χ2v) is 24.2. The highest BCUT2D eigenvalue weighted by molar-refractivity contribution is 7.86. The van der Waals surface area contributed by atoms with E-state index in [0.29, 0.717) is 5.56 Å². The van der Waals surface area contributed by atoms with E-state index >= 15 is 0 Å². The van der Waals surface area contributed by atoms with Crippen molar-refractivity contribution in [3.05, 3.63) is 111 Å². The second kappa shape index (κ2) is 24.6. The van der Waals surface area contributed by atoms with E-state index in [4.69, 9.17) is 55.9 Å². The van der Waals surface area contributed by atoms with Crippen molar-refractivity contribution in [3.63, 3.8) is 0 Å². The first-order valence-electron chi connectivity index (χ1n) is 20.7. The number of azo groups is 2. The maximum Gasteiger partial charge on any atom is 0.296 e. The molecule has 406 valence electrons. The van der Waals surface area contributed by atoms with Crippen molar-refractivity contribution in [1.29, 1.82) is 0 Å². The molecule has 8 N–H and O–H groups in total. The predicted molar refractivity (Wildman–Crippen MR) is 277 cm³/mol. The molecule has 0 unspecified atom stereocenters. The van der Waals surface area contributed by atoms with Gasteiger partial charge < -0.3 is 25.4 Å². The van der Waals surface area contributed by atoms with Gasteiger partial charge in [-0.15, -0.1) is 10.2 Å². The zero-order valence-electron chi connectivity index (χ0n) is 37.9. The van der Waals surface area contributed by atoms with E-state index < -0.39 is 71.9 Å². The number of nitrogens with one attached hydrogen (secondary N) is 3. The van der Waals surface area contributed by atoms with Crippen LogP contribution >= 0.6 is 46.4 Å². The van der Waals surface area contributed by atoms with Crippen LogP contribution in [0, 0.1) is 0 Å². The van der Waals surface area contributed by atoms with Gasteiger partial charge in [-0.1, -0.05) is 58.5 Å². The fraction of sp³-hybridized carbons (Fsp3) is 0.175. The molecule has 27 nitrogen and oxygen atoms in total. The number of anilines is 5. The molecule has 1 heterocycles. The summed E-state index contributed by atoms with van der Waals surface area (Å²) in [5, 5.41) is 24.0. The van der Waals surface area contributed by atoms with E-state index in [1.165, 1.54) is 48.5 Å². The summed E-state index contributed by atoms with van der Waals surface area (Å²) in [5.74, 6) is -2.34. The summed E-state index contributed by atoms with van der Waals surface area (Å²) in [5.41, 5.74) is 0.0718. The van der Waals surface area contributed by atoms with Crippen LogP contribution in [0.4, 0.5) is 52.0 Å². The van der Waals surface area contributed by atoms with E-state index in [9.17, 15) is 64.9 Å². The molecular weight excluding hydrogens is 1190 g/mol. The van der Waals surface area contributed by atoms with Crippen LogP contribution in [0.2, 0.25) is 20.1 Å². The van der Waals surface area contributed by atoms with Gasteiger partial charge in [0, 0.05) is 18.7 Å². The Morgan fingerprint density at radius 2 is 0.882 bits per heavy atom. The highest BCUT2D eigenvalue weighted by atomic mass is 35.5. The van der Waals surface area contributed by atoms with Crippen LogP contribution in [0.1, 0.15) is 18.4 Å². The molecule has 6 aromatic rings. The molecular formula is C40H36Cl4N10O17S5. The normalized spacial score (nSPS) is 12.5. The van der Waals surface area contributed by atoms with Gasteiger partial charge in [-0.2, -0.15) is 67.3 Å². The number of halogens is 4. The van der Waals surface area contributed by atoms with Gasteiger partial charge in [0.05, 0.1) is 72.5 Å². The third-order valence-corrected chi connectivity index (χ3v) is 15.2. The molecule has 76 heavy (non-hydrogen) atoms. The van der Waals surface area contributed by atoms with Gasteiger partial charge in [0.25, 0.3) is 50.6 Å². The lowest BCUT2D eigenvalue weighted by Gasteiger charge is -2.17. The minimum Gasteiger partial charge on any atom is -0.491 e. The molecule has 0 aliphatic carbocycles. The van der Waals surface area contributed by atoms with Crippen molar-refractivity contribution in [1.82, 2.24) is 15.0 Å². The minimum absolute atomic E-state index is 0.00938. The third kappa shape index (κ3) is 17.8. The van der Waals surface area contributed by atoms with Crippen molar-refractivity contribution < 1.29 is 74.3 Å². The third-order valence-electron chi connectivity index (χ3n) is 9.44. The molecule has 1 aromatic heterocycles. The summed E-state index contributed by atoms with van der Waals surface area (Å²) < 4.78 is 176. The monoisotopic (exact) mass is 1230 g/mol. The summed E-state index contributed by atoms with van der Waals surface area (Å²) >= 11 is 25.1. The molecule has 0 atom stereocenters. The summed E-state index contributed by atoms with van der Waals surface area (Å²) in [6, 6.07) is 16.8. The van der Waals surface area contributed by atoms with Gasteiger partial charge in [0.15, 0.2) is 0 Å². The standard InChI is InChI=1S/C40H36Cl4N10O17S5/c41-26-9-5-23(15-36(26)75(64,65)66)51-53-30-19-34(70-11-1-13-72(55,56)57)32(17-28(30)43)46-39-48-38(45-21-22-3-7-25(8-4-22)74(61,62)63)49-40(50-39)47-33-18-29(44)31(20-35(33)71-12-2-14-73(58,59)60)54-52-24-6-10-27(42)37(16-24)76(67,68)69/h3-10,15-20H,1-2,11-14,21H2,(H,55,56,57)(H,58,59,60)(H,61,62,63)(H,64,65,66)(H,67,68,69)(H3,45,46,47,48,49,50). The van der Waals surface area contributed by atoms with Crippen LogP contribution in [-0.2, 0) is 57.1 Å². The highest BCUT2D eigenvalue weighted by Gasteiger charge is 2.20. The summed E-state index contributed by atoms with van der Waals surface area (Å²) in [7, 11) is -22.9. The molecule has 0 radical (unpaired) electrons. The average Bonchev–Trinajstić information content (AvgIpc) is 3.30. The number of rotatable bonds is 24. The maximum atomic E-state index is 11.8.